The van der Waals surface area contributed by atoms with Gasteiger partial charge in [-0.2, -0.15) is 0 Å². The molecule has 0 unspecified atom stereocenters. The van der Waals surface area contributed by atoms with Gasteiger partial charge in [0.1, 0.15) is 11.6 Å². The monoisotopic (exact) mass is 247 g/mol. The Morgan fingerprint density at radius 2 is 2.11 bits per heavy atom. The van der Waals surface area contributed by atoms with Gasteiger partial charge in [0.05, 0.1) is 24.6 Å². The minimum atomic E-state index is -0.742. The summed E-state index contributed by atoms with van der Waals surface area (Å²) in [5.41, 5.74) is 0.944. The highest BCUT2D eigenvalue weighted by Crippen LogP contribution is 2.22. The molecule has 0 amide bonds. The quantitative estimate of drug-likeness (QED) is 0.828. The van der Waals surface area contributed by atoms with Crippen LogP contribution in [-0.2, 0) is 4.74 Å². The van der Waals surface area contributed by atoms with Crippen LogP contribution in [0.4, 0.5) is 4.39 Å². The van der Waals surface area contributed by atoms with Crippen molar-refractivity contribution in [1.29, 1.82) is 0 Å². The van der Waals surface area contributed by atoms with Gasteiger partial charge in [-0.25, -0.2) is 9.18 Å². The molecule has 5 heteroatoms. The van der Waals surface area contributed by atoms with Crippen LogP contribution in [0.3, 0.4) is 0 Å². The van der Waals surface area contributed by atoms with E-state index in [0.717, 1.165) is 0 Å². The summed E-state index contributed by atoms with van der Waals surface area (Å²) in [5, 5.41) is 9.13. The van der Waals surface area contributed by atoms with Crippen molar-refractivity contribution < 1.29 is 19.0 Å². The number of aromatic hydroxyl groups is 1. The lowest BCUT2D eigenvalue weighted by Crippen LogP contribution is -2.04. The van der Waals surface area contributed by atoms with Gasteiger partial charge in [-0.3, -0.25) is 4.98 Å². The van der Waals surface area contributed by atoms with E-state index in [1.54, 1.807) is 6.07 Å². The summed E-state index contributed by atoms with van der Waals surface area (Å²) in [6, 6.07) is 7.07. The second-order valence-corrected chi connectivity index (χ2v) is 3.59. The molecule has 1 heterocycles. The summed E-state index contributed by atoms with van der Waals surface area (Å²) >= 11 is 0. The van der Waals surface area contributed by atoms with Crippen molar-refractivity contribution in [2.24, 2.45) is 0 Å². The molecule has 0 aliphatic rings. The number of hydrogen-bond donors (Lipinski definition) is 1. The second kappa shape index (κ2) is 4.83. The minimum Gasteiger partial charge on any atom is -0.506 e. The zero-order chi connectivity index (χ0) is 13.1. The first-order valence-corrected chi connectivity index (χ1v) is 5.15. The third kappa shape index (κ3) is 2.29. The second-order valence-electron chi connectivity index (χ2n) is 3.59. The summed E-state index contributed by atoms with van der Waals surface area (Å²) < 4.78 is 17.9. The first-order chi connectivity index (χ1) is 8.61. The number of halogens is 1. The van der Waals surface area contributed by atoms with Gasteiger partial charge in [0.15, 0.2) is 0 Å². The van der Waals surface area contributed by atoms with E-state index in [1.807, 2.05) is 0 Å². The summed E-state index contributed by atoms with van der Waals surface area (Å²) in [5.74, 6) is -1.36. The molecule has 1 N–H and O–H groups in total. The number of nitrogens with zero attached hydrogens (tertiary/aromatic N) is 1. The first-order valence-electron chi connectivity index (χ1n) is 5.15. The van der Waals surface area contributed by atoms with E-state index in [1.165, 1.54) is 37.6 Å². The fourth-order valence-corrected chi connectivity index (χ4v) is 1.51. The Morgan fingerprint density at radius 1 is 1.33 bits per heavy atom. The number of hydrogen-bond acceptors (Lipinski definition) is 4. The van der Waals surface area contributed by atoms with Crippen molar-refractivity contribution in [3.8, 4) is 17.0 Å². The zero-order valence-electron chi connectivity index (χ0n) is 9.55. The van der Waals surface area contributed by atoms with Gasteiger partial charge in [-0.05, 0) is 30.3 Å². The van der Waals surface area contributed by atoms with Gasteiger partial charge in [-0.1, -0.05) is 0 Å². The van der Waals surface area contributed by atoms with Crippen molar-refractivity contribution in [1.82, 2.24) is 4.98 Å². The van der Waals surface area contributed by atoms with Crippen molar-refractivity contribution >= 4 is 5.97 Å². The first kappa shape index (κ1) is 12.0. The van der Waals surface area contributed by atoms with Crippen LogP contribution in [0.15, 0.2) is 36.5 Å². The van der Waals surface area contributed by atoms with E-state index >= 15 is 0 Å². The zero-order valence-corrected chi connectivity index (χ0v) is 9.55. The molecule has 2 rings (SSSR count). The standard InChI is InChI=1S/C13H10FNO3/c1-18-13(17)10-6-8(2-4-11(10)14)12-5-3-9(16)7-15-12/h2-7,16H,1H3. The van der Waals surface area contributed by atoms with E-state index in [-0.39, 0.29) is 11.3 Å². The van der Waals surface area contributed by atoms with Crippen molar-refractivity contribution in [3.05, 3.63) is 47.9 Å². The third-order valence-electron chi connectivity index (χ3n) is 2.42. The minimum absolute atomic E-state index is 0.0362. The highest BCUT2D eigenvalue weighted by Gasteiger charge is 2.13. The van der Waals surface area contributed by atoms with Crippen molar-refractivity contribution in [2.75, 3.05) is 7.11 Å². The molecule has 0 saturated heterocycles. The highest BCUT2D eigenvalue weighted by molar-refractivity contribution is 5.91. The summed E-state index contributed by atoms with van der Waals surface area (Å²) in [6.07, 6.45) is 1.27. The Kier molecular flexibility index (Phi) is 3.23. The van der Waals surface area contributed by atoms with Gasteiger partial charge in [0.25, 0.3) is 0 Å². The number of carbonyl (C=O) groups excluding carboxylic acids is 1. The van der Waals surface area contributed by atoms with E-state index in [4.69, 9.17) is 5.11 Å². The van der Waals surface area contributed by atoms with Crippen LogP contribution in [0.5, 0.6) is 5.75 Å². The number of benzene rings is 1. The van der Waals surface area contributed by atoms with Crippen LogP contribution in [-0.4, -0.2) is 23.2 Å². The molecule has 0 spiro atoms. The normalized spacial score (nSPS) is 10.1. The molecule has 0 saturated carbocycles. The molecule has 0 atom stereocenters. The lowest BCUT2D eigenvalue weighted by Gasteiger charge is -2.05. The Balaban J connectivity index is 2.46. The predicted octanol–water partition coefficient (Wildman–Crippen LogP) is 2.38. The molecule has 4 nitrogen and oxygen atoms in total. The van der Waals surface area contributed by atoms with E-state index < -0.39 is 11.8 Å². The molecule has 2 aromatic rings. The molecule has 0 aliphatic heterocycles. The average Bonchev–Trinajstić information content (AvgIpc) is 2.39. The molecule has 0 radical (unpaired) electrons. The lowest BCUT2D eigenvalue weighted by molar-refractivity contribution is 0.0595. The fraction of sp³-hybridized carbons (Fsp3) is 0.0769. The third-order valence-corrected chi connectivity index (χ3v) is 2.42. The molecule has 92 valence electrons. The maximum Gasteiger partial charge on any atom is 0.340 e. The average molecular weight is 247 g/mol. The van der Waals surface area contributed by atoms with Crippen LogP contribution in [0.25, 0.3) is 11.3 Å². The number of ether oxygens (including phenoxy) is 1. The molecular formula is C13H10FNO3. The van der Waals surface area contributed by atoms with Crippen LogP contribution >= 0.6 is 0 Å². The topological polar surface area (TPSA) is 59.4 Å². The van der Waals surface area contributed by atoms with Gasteiger partial charge in [0, 0.05) is 5.56 Å². The molecule has 0 fully saturated rings. The number of pyridine rings is 1. The molecule has 1 aromatic heterocycles. The van der Waals surface area contributed by atoms with Gasteiger partial charge in [-0.15, -0.1) is 0 Å². The fourth-order valence-electron chi connectivity index (χ4n) is 1.51. The maximum atomic E-state index is 13.4. The van der Waals surface area contributed by atoms with Crippen molar-refractivity contribution in [2.45, 2.75) is 0 Å². The van der Waals surface area contributed by atoms with E-state index in [9.17, 15) is 9.18 Å². The molecular weight excluding hydrogens is 237 g/mol. The van der Waals surface area contributed by atoms with Crippen LogP contribution in [0, 0.1) is 5.82 Å². The van der Waals surface area contributed by atoms with Gasteiger partial charge >= 0.3 is 5.97 Å². The SMILES string of the molecule is COC(=O)c1cc(-c2ccc(O)cn2)ccc1F. The summed E-state index contributed by atoms with van der Waals surface area (Å²) in [6.45, 7) is 0. The smallest absolute Gasteiger partial charge is 0.340 e. The lowest BCUT2D eigenvalue weighted by atomic mass is 10.1. The van der Waals surface area contributed by atoms with Gasteiger partial charge < -0.3 is 9.84 Å². The predicted molar refractivity (Wildman–Crippen MR) is 62.6 cm³/mol. The van der Waals surface area contributed by atoms with Crippen LogP contribution < -0.4 is 0 Å². The van der Waals surface area contributed by atoms with Crippen molar-refractivity contribution in [3.63, 3.8) is 0 Å². The van der Waals surface area contributed by atoms with Crippen LogP contribution in [0.2, 0.25) is 0 Å². The molecule has 0 bridgehead atoms. The Morgan fingerprint density at radius 3 is 2.72 bits per heavy atom. The van der Waals surface area contributed by atoms with E-state index in [2.05, 4.69) is 9.72 Å². The number of aromatic nitrogens is 1. The molecule has 1 aromatic carbocycles. The Bertz CT molecular complexity index is 581. The Labute approximate surface area is 103 Å². The van der Waals surface area contributed by atoms with Crippen LogP contribution in [0.1, 0.15) is 10.4 Å². The summed E-state index contributed by atoms with van der Waals surface area (Å²) in [7, 11) is 1.19. The number of esters is 1. The molecule has 0 aliphatic carbocycles. The number of methoxy groups -OCH3 is 1. The largest absolute Gasteiger partial charge is 0.506 e. The maximum absolute atomic E-state index is 13.4. The highest BCUT2D eigenvalue weighted by atomic mass is 19.1. The van der Waals surface area contributed by atoms with Gasteiger partial charge in [0.2, 0.25) is 0 Å². The number of rotatable bonds is 2. The summed E-state index contributed by atoms with van der Waals surface area (Å²) in [4.78, 5) is 15.3. The molecule has 18 heavy (non-hydrogen) atoms. The van der Waals surface area contributed by atoms with E-state index in [0.29, 0.717) is 11.3 Å². The Hall–Kier alpha value is -2.43. The number of carbonyl (C=O) groups is 1.